The van der Waals surface area contributed by atoms with Crippen LogP contribution in [0.3, 0.4) is 0 Å². The summed E-state index contributed by atoms with van der Waals surface area (Å²) in [4.78, 5) is 11.8. The first-order valence-electron chi connectivity index (χ1n) is 7.08. The molecular weight excluding hydrogens is 298 g/mol. The van der Waals surface area contributed by atoms with E-state index in [9.17, 15) is 4.79 Å². The molecule has 2 aromatic rings. The zero-order valence-electron chi connectivity index (χ0n) is 12.1. The predicted molar refractivity (Wildman–Crippen MR) is 87.0 cm³/mol. The molecule has 0 saturated carbocycles. The number of carbonyl (C=O) groups excluding carboxylic acids is 1. The highest BCUT2D eigenvalue weighted by Crippen LogP contribution is 2.33. The van der Waals surface area contributed by atoms with E-state index >= 15 is 0 Å². The van der Waals surface area contributed by atoms with Gasteiger partial charge in [-0.15, -0.1) is 11.8 Å². The van der Waals surface area contributed by atoms with Crippen LogP contribution >= 0.6 is 11.8 Å². The lowest BCUT2D eigenvalue weighted by molar-refractivity contribution is -0.118. The highest BCUT2D eigenvalue weighted by atomic mass is 32.2. The summed E-state index contributed by atoms with van der Waals surface area (Å²) in [6, 6.07) is 15.8. The maximum Gasteiger partial charge on any atom is 0.231 e. The number of hydrogen-bond donors (Lipinski definition) is 1. The molecule has 0 unspecified atom stereocenters. The summed E-state index contributed by atoms with van der Waals surface area (Å²) in [7, 11) is 0. The third-order valence-corrected chi connectivity index (χ3v) is 4.28. The second kappa shape index (κ2) is 7.22. The van der Waals surface area contributed by atoms with Crippen LogP contribution in [0.1, 0.15) is 11.1 Å². The molecule has 1 aliphatic rings. The van der Waals surface area contributed by atoms with E-state index in [1.165, 1.54) is 0 Å². The van der Waals surface area contributed by atoms with E-state index in [4.69, 9.17) is 9.47 Å². The summed E-state index contributed by atoms with van der Waals surface area (Å²) in [6.45, 7) is 0.859. The maximum atomic E-state index is 11.8. The Labute approximate surface area is 133 Å². The molecule has 0 aromatic heterocycles. The quantitative estimate of drug-likeness (QED) is 0.890. The van der Waals surface area contributed by atoms with E-state index in [1.54, 1.807) is 11.8 Å². The first-order valence-corrected chi connectivity index (χ1v) is 8.23. The molecule has 1 heterocycles. The van der Waals surface area contributed by atoms with Gasteiger partial charge in [0.25, 0.3) is 0 Å². The fourth-order valence-electron chi connectivity index (χ4n) is 2.14. The van der Waals surface area contributed by atoms with Gasteiger partial charge in [0.15, 0.2) is 11.5 Å². The average Bonchev–Trinajstić information content (AvgIpc) is 3.02. The lowest BCUT2D eigenvalue weighted by Gasteiger charge is -2.06. The van der Waals surface area contributed by atoms with Gasteiger partial charge in [0.1, 0.15) is 0 Å². The Morgan fingerprint density at radius 1 is 1.05 bits per heavy atom. The number of thioether (sulfide) groups is 1. The fourth-order valence-corrected chi connectivity index (χ4v) is 2.94. The molecule has 1 N–H and O–H groups in total. The second-order valence-corrected chi connectivity index (χ2v) is 5.93. The summed E-state index contributed by atoms with van der Waals surface area (Å²) >= 11 is 1.59. The number of fused-ring (bicyclic) bond motifs is 1. The molecule has 22 heavy (non-hydrogen) atoms. The molecule has 1 amide bonds. The van der Waals surface area contributed by atoms with Crippen LogP contribution in [0.15, 0.2) is 48.5 Å². The lowest BCUT2D eigenvalue weighted by atomic mass is 10.2. The van der Waals surface area contributed by atoms with Crippen LogP contribution in [-0.4, -0.2) is 18.5 Å². The van der Waals surface area contributed by atoms with Crippen molar-refractivity contribution < 1.29 is 14.3 Å². The van der Waals surface area contributed by atoms with Crippen molar-refractivity contribution >= 4 is 17.7 Å². The Morgan fingerprint density at radius 3 is 2.73 bits per heavy atom. The van der Waals surface area contributed by atoms with Crippen molar-refractivity contribution in [2.24, 2.45) is 0 Å². The van der Waals surface area contributed by atoms with E-state index in [0.29, 0.717) is 12.3 Å². The monoisotopic (exact) mass is 315 g/mol. The number of benzene rings is 2. The van der Waals surface area contributed by atoms with Gasteiger partial charge in [0.2, 0.25) is 12.7 Å². The summed E-state index contributed by atoms with van der Waals surface area (Å²) in [5.74, 6) is 2.84. The van der Waals surface area contributed by atoms with Crippen molar-refractivity contribution in [3.05, 3.63) is 59.7 Å². The third-order valence-electron chi connectivity index (χ3n) is 3.27. The van der Waals surface area contributed by atoms with E-state index in [0.717, 1.165) is 28.4 Å². The van der Waals surface area contributed by atoms with Crippen molar-refractivity contribution in [1.82, 2.24) is 5.32 Å². The van der Waals surface area contributed by atoms with Crippen molar-refractivity contribution in [3.63, 3.8) is 0 Å². The summed E-state index contributed by atoms with van der Waals surface area (Å²) < 4.78 is 10.6. The van der Waals surface area contributed by atoms with Gasteiger partial charge in [-0.1, -0.05) is 36.4 Å². The van der Waals surface area contributed by atoms with Crippen LogP contribution in [0.4, 0.5) is 0 Å². The second-order valence-electron chi connectivity index (χ2n) is 4.94. The molecule has 0 spiro atoms. The topological polar surface area (TPSA) is 47.6 Å². The number of carbonyl (C=O) groups is 1. The minimum absolute atomic E-state index is 0.0506. The standard InChI is InChI=1S/C17H17NO3S/c19-17(18-9-13-4-2-1-3-5-13)11-22-10-14-6-7-15-16(8-14)21-12-20-15/h1-8H,9-12H2,(H,18,19). The van der Waals surface area contributed by atoms with Gasteiger partial charge < -0.3 is 14.8 Å². The molecule has 0 saturated heterocycles. The zero-order valence-corrected chi connectivity index (χ0v) is 12.9. The Bertz CT molecular complexity index is 646. The van der Waals surface area contributed by atoms with Crippen molar-refractivity contribution in [1.29, 1.82) is 0 Å². The van der Waals surface area contributed by atoms with Crippen LogP contribution in [0.25, 0.3) is 0 Å². The molecule has 2 aromatic carbocycles. The van der Waals surface area contributed by atoms with E-state index < -0.39 is 0 Å². The van der Waals surface area contributed by atoms with Gasteiger partial charge >= 0.3 is 0 Å². The van der Waals surface area contributed by atoms with E-state index in [-0.39, 0.29) is 12.7 Å². The molecule has 0 fully saturated rings. The normalized spacial score (nSPS) is 12.2. The fraction of sp³-hybridized carbons (Fsp3) is 0.235. The van der Waals surface area contributed by atoms with Gasteiger partial charge in [-0.25, -0.2) is 0 Å². The van der Waals surface area contributed by atoms with Crippen LogP contribution in [0.2, 0.25) is 0 Å². The minimum Gasteiger partial charge on any atom is -0.454 e. The number of hydrogen-bond acceptors (Lipinski definition) is 4. The molecule has 5 heteroatoms. The van der Waals surface area contributed by atoms with Gasteiger partial charge in [-0.05, 0) is 23.3 Å². The SMILES string of the molecule is O=C(CSCc1ccc2c(c1)OCO2)NCc1ccccc1. The number of rotatable bonds is 6. The highest BCUT2D eigenvalue weighted by molar-refractivity contribution is 7.99. The van der Waals surface area contributed by atoms with Crippen LogP contribution < -0.4 is 14.8 Å². The highest BCUT2D eigenvalue weighted by Gasteiger charge is 2.13. The van der Waals surface area contributed by atoms with E-state index in [2.05, 4.69) is 5.32 Å². The molecule has 0 aliphatic carbocycles. The molecule has 0 radical (unpaired) electrons. The van der Waals surface area contributed by atoms with Crippen molar-refractivity contribution in [3.8, 4) is 11.5 Å². The van der Waals surface area contributed by atoms with Crippen LogP contribution in [0.5, 0.6) is 11.5 Å². The first kappa shape index (κ1) is 14.8. The first-order chi connectivity index (χ1) is 10.8. The van der Waals surface area contributed by atoms with Gasteiger partial charge in [0, 0.05) is 12.3 Å². The minimum atomic E-state index is 0.0506. The summed E-state index contributed by atoms with van der Waals surface area (Å²) in [6.07, 6.45) is 0. The van der Waals surface area contributed by atoms with Gasteiger partial charge in [-0.2, -0.15) is 0 Å². The summed E-state index contributed by atoms with van der Waals surface area (Å²) in [5.41, 5.74) is 2.24. The smallest absolute Gasteiger partial charge is 0.231 e. The molecule has 0 atom stereocenters. The number of amides is 1. The molecule has 1 aliphatic heterocycles. The van der Waals surface area contributed by atoms with Crippen molar-refractivity contribution in [2.75, 3.05) is 12.5 Å². The van der Waals surface area contributed by atoms with Crippen molar-refractivity contribution in [2.45, 2.75) is 12.3 Å². The molecular formula is C17H17NO3S. The average molecular weight is 315 g/mol. The molecule has 114 valence electrons. The Hall–Kier alpha value is -2.14. The summed E-state index contributed by atoms with van der Waals surface area (Å²) in [5, 5.41) is 2.92. The molecule has 0 bridgehead atoms. The van der Waals surface area contributed by atoms with Crippen LogP contribution in [0, 0.1) is 0 Å². The van der Waals surface area contributed by atoms with Crippen LogP contribution in [-0.2, 0) is 17.1 Å². The van der Waals surface area contributed by atoms with Gasteiger partial charge in [0.05, 0.1) is 5.75 Å². The molecule has 3 rings (SSSR count). The Kier molecular flexibility index (Phi) is 4.85. The van der Waals surface area contributed by atoms with Gasteiger partial charge in [-0.3, -0.25) is 4.79 Å². The number of nitrogens with one attached hydrogen (secondary N) is 1. The maximum absolute atomic E-state index is 11.8. The third kappa shape index (κ3) is 3.95. The zero-order chi connectivity index (χ0) is 15.2. The number of ether oxygens (including phenoxy) is 2. The molecule has 4 nitrogen and oxygen atoms in total. The largest absolute Gasteiger partial charge is 0.454 e. The Balaban J connectivity index is 1.40. The Morgan fingerprint density at radius 2 is 1.86 bits per heavy atom. The lowest BCUT2D eigenvalue weighted by Crippen LogP contribution is -2.24. The predicted octanol–water partition coefficient (Wildman–Crippen LogP) is 2.96. The van der Waals surface area contributed by atoms with E-state index in [1.807, 2.05) is 48.5 Å².